The minimum atomic E-state index is -4.80. The molecule has 6 nitrogen and oxygen atoms in total. The zero-order valence-electron chi connectivity index (χ0n) is 16.7. The van der Waals surface area contributed by atoms with E-state index in [4.69, 9.17) is 4.74 Å². The molecule has 0 aromatic heterocycles. The second-order valence-electron chi connectivity index (χ2n) is 7.26. The lowest BCUT2D eigenvalue weighted by molar-refractivity contribution is -0.140. The number of rotatable bonds is 5. The molecule has 0 spiro atoms. The van der Waals surface area contributed by atoms with Crippen LogP contribution in [0.25, 0.3) is 0 Å². The van der Waals surface area contributed by atoms with Gasteiger partial charge in [0.1, 0.15) is 17.3 Å². The van der Waals surface area contributed by atoms with Gasteiger partial charge in [0, 0.05) is 26.2 Å². The molecular formula is C20H20F4N2O4S. The van der Waals surface area contributed by atoms with Gasteiger partial charge in [-0.3, -0.25) is 4.79 Å². The number of ether oxygens (including phenoxy) is 1. The molecule has 0 bridgehead atoms. The lowest BCUT2D eigenvalue weighted by Gasteiger charge is -2.30. The largest absolute Gasteiger partial charge is 0.457 e. The Morgan fingerprint density at radius 2 is 1.77 bits per heavy atom. The van der Waals surface area contributed by atoms with Crippen LogP contribution >= 0.6 is 0 Å². The van der Waals surface area contributed by atoms with Gasteiger partial charge >= 0.3 is 6.18 Å². The van der Waals surface area contributed by atoms with Gasteiger partial charge in [-0.1, -0.05) is 6.07 Å². The van der Waals surface area contributed by atoms with Crippen molar-refractivity contribution < 1.29 is 35.5 Å². The molecule has 31 heavy (non-hydrogen) atoms. The summed E-state index contributed by atoms with van der Waals surface area (Å²) < 4.78 is 81.3. The Morgan fingerprint density at radius 1 is 1.13 bits per heavy atom. The molecule has 0 radical (unpaired) electrons. The van der Waals surface area contributed by atoms with Crippen molar-refractivity contribution in [3.05, 3.63) is 58.9 Å². The summed E-state index contributed by atoms with van der Waals surface area (Å²) in [5, 5.41) is 0. The summed E-state index contributed by atoms with van der Waals surface area (Å²) in [4.78, 5) is 14.0. The zero-order valence-corrected chi connectivity index (χ0v) is 17.6. The topological polar surface area (TPSA) is 66.9 Å². The lowest BCUT2D eigenvalue weighted by Crippen LogP contribution is -2.43. The first kappa shape index (κ1) is 23.0. The molecular weight excluding hydrogens is 440 g/mol. The molecule has 3 rings (SSSR count). The van der Waals surface area contributed by atoms with Crippen LogP contribution in [0.3, 0.4) is 0 Å². The van der Waals surface area contributed by atoms with Crippen molar-refractivity contribution in [3.8, 4) is 11.5 Å². The predicted molar refractivity (Wildman–Crippen MR) is 105 cm³/mol. The fraction of sp³-hybridized carbons (Fsp3) is 0.350. The Balaban J connectivity index is 1.73. The van der Waals surface area contributed by atoms with Crippen molar-refractivity contribution >= 4 is 15.9 Å². The molecule has 1 amide bonds. The van der Waals surface area contributed by atoms with Crippen molar-refractivity contribution in [2.24, 2.45) is 0 Å². The van der Waals surface area contributed by atoms with Crippen LogP contribution in [-0.4, -0.2) is 49.9 Å². The van der Waals surface area contributed by atoms with Gasteiger partial charge in [0.15, 0.2) is 0 Å². The molecule has 0 saturated heterocycles. The van der Waals surface area contributed by atoms with Crippen molar-refractivity contribution in [3.63, 3.8) is 0 Å². The maximum atomic E-state index is 13.8. The van der Waals surface area contributed by atoms with Crippen molar-refractivity contribution in [2.75, 3.05) is 26.4 Å². The van der Waals surface area contributed by atoms with E-state index in [9.17, 15) is 30.8 Å². The van der Waals surface area contributed by atoms with E-state index in [1.165, 1.54) is 11.9 Å². The number of benzene rings is 2. The normalized spacial score (nSPS) is 14.5. The summed E-state index contributed by atoms with van der Waals surface area (Å²) in [6, 6.07) is 7.33. The van der Waals surface area contributed by atoms with Gasteiger partial charge < -0.3 is 9.64 Å². The number of carbonyl (C=O) groups is 1. The highest BCUT2D eigenvalue weighted by Crippen LogP contribution is 2.34. The number of nitrogens with zero attached hydrogens (tertiary/aromatic N) is 2. The molecule has 0 aliphatic carbocycles. The Labute approximate surface area is 177 Å². The Morgan fingerprint density at radius 3 is 2.39 bits per heavy atom. The third kappa shape index (κ3) is 5.53. The number of hydrogen-bond donors (Lipinski definition) is 0. The van der Waals surface area contributed by atoms with E-state index >= 15 is 0 Å². The van der Waals surface area contributed by atoms with Crippen LogP contribution in [-0.2, 0) is 34.0 Å². The Bertz CT molecular complexity index is 1100. The number of hydrogen-bond acceptors (Lipinski definition) is 4. The van der Waals surface area contributed by atoms with Gasteiger partial charge in [0.05, 0.1) is 18.4 Å². The summed E-state index contributed by atoms with van der Waals surface area (Å²) in [5.41, 5.74) is 0.344. The van der Waals surface area contributed by atoms with Crippen LogP contribution in [0, 0.1) is 5.82 Å². The highest BCUT2D eigenvalue weighted by atomic mass is 32.2. The average molecular weight is 460 g/mol. The number of alkyl halides is 3. The van der Waals surface area contributed by atoms with E-state index < -0.39 is 27.6 Å². The number of halogens is 4. The number of amides is 1. The van der Waals surface area contributed by atoms with Gasteiger partial charge in [0.25, 0.3) is 0 Å². The summed E-state index contributed by atoms with van der Waals surface area (Å²) in [6.07, 6.45) is -3.23. The highest BCUT2D eigenvalue weighted by Gasteiger charge is 2.34. The van der Waals surface area contributed by atoms with E-state index in [1.807, 2.05) is 0 Å². The van der Waals surface area contributed by atoms with Gasteiger partial charge in [-0.2, -0.15) is 17.5 Å². The molecule has 1 aliphatic heterocycles. The average Bonchev–Trinajstić information content (AvgIpc) is 2.65. The molecule has 0 saturated carbocycles. The molecule has 11 heteroatoms. The maximum Gasteiger partial charge on any atom is 0.419 e. The van der Waals surface area contributed by atoms with E-state index in [0.29, 0.717) is 25.1 Å². The smallest absolute Gasteiger partial charge is 0.419 e. The van der Waals surface area contributed by atoms with Crippen LogP contribution in [0.5, 0.6) is 11.5 Å². The summed E-state index contributed by atoms with van der Waals surface area (Å²) >= 11 is 0. The molecule has 1 aliphatic rings. The monoisotopic (exact) mass is 460 g/mol. The van der Waals surface area contributed by atoms with Gasteiger partial charge in [0.2, 0.25) is 15.9 Å². The third-order valence-electron chi connectivity index (χ3n) is 4.95. The number of fused-ring (bicyclic) bond motifs is 1. The molecule has 0 fully saturated rings. The quantitative estimate of drug-likeness (QED) is 0.642. The third-order valence-corrected chi connectivity index (χ3v) is 6.21. The highest BCUT2D eigenvalue weighted by molar-refractivity contribution is 7.88. The second-order valence-corrected chi connectivity index (χ2v) is 9.35. The van der Waals surface area contributed by atoms with Gasteiger partial charge in [-0.05, 0) is 41.8 Å². The van der Waals surface area contributed by atoms with Crippen LogP contribution in [0.2, 0.25) is 0 Å². The zero-order chi connectivity index (χ0) is 23.0. The first-order valence-corrected chi connectivity index (χ1v) is 11.0. The fourth-order valence-corrected chi connectivity index (χ4v) is 3.49. The number of carbonyl (C=O) groups excluding carboxylic acids is 1. The van der Waals surface area contributed by atoms with E-state index in [0.717, 1.165) is 27.8 Å². The predicted octanol–water partition coefficient (Wildman–Crippen LogP) is 3.41. The van der Waals surface area contributed by atoms with Crippen molar-refractivity contribution in [1.82, 2.24) is 9.21 Å². The standard InChI is InChI=1S/C20H20F4N2O4S/c1-25(31(2,28)29)12-19(27)26-8-7-13-3-4-15(9-14(13)11-26)30-16-5-6-17(18(21)10-16)20(22,23)24/h3-6,9-10H,7-8,11-12H2,1-2H3. The van der Waals surface area contributed by atoms with E-state index in [1.54, 1.807) is 18.2 Å². The van der Waals surface area contributed by atoms with E-state index in [-0.39, 0.29) is 30.5 Å². The molecule has 0 atom stereocenters. The SMILES string of the molecule is CN(CC(=O)N1CCc2ccc(Oc3ccc(C(F)(F)F)c(F)c3)cc2C1)S(C)(=O)=O. The second kappa shape index (κ2) is 8.46. The first-order chi connectivity index (χ1) is 14.3. The summed E-state index contributed by atoms with van der Waals surface area (Å²) in [7, 11) is -2.17. The molecule has 168 valence electrons. The van der Waals surface area contributed by atoms with Crippen molar-refractivity contribution in [1.29, 1.82) is 0 Å². The summed E-state index contributed by atoms with van der Waals surface area (Å²) in [5.74, 6) is -1.60. The summed E-state index contributed by atoms with van der Waals surface area (Å²) in [6.45, 7) is 0.368. The van der Waals surface area contributed by atoms with Gasteiger partial charge in [-0.25, -0.2) is 12.8 Å². The maximum absolute atomic E-state index is 13.8. The van der Waals surface area contributed by atoms with Crippen LogP contribution < -0.4 is 4.74 Å². The van der Waals surface area contributed by atoms with Gasteiger partial charge in [-0.15, -0.1) is 0 Å². The molecule has 1 heterocycles. The lowest BCUT2D eigenvalue weighted by atomic mass is 9.99. The van der Waals surface area contributed by atoms with Crippen LogP contribution in [0.15, 0.2) is 36.4 Å². The van der Waals surface area contributed by atoms with Crippen LogP contribution in [0.4, 0.5) is 17.6 Å². The van der Waals surface area contributed by atoms with E-state index in [2.05, 4.69) is 0 Å². The molecule has 0 unspecified atom stereocenters. The number of likely N-dealkylation sites (N-methyl/N-ethyl adjacent to an activating group) is 1. The minimum Gasteiger partial charge on any atom is -0.457 e. The number of sulfonamides is 1. The molecule has 2 aromatic carbocycles. The van der Waals surface area contributed by atoms with Crippen molar-refractivity contribution in [2.45, 2.75) is 19.1 Å². The first-order valence-electron chi connectivity index (χ1n) is 9.20. The molecule has 2 aromatic rings. The van der Waals surface area contributed by atoms with Crippen LogP contribution in [0.1, 0.15) is 16.7 Å². The Hall–Kier alpha value is -2.66. The minimum absolute atomic E-state index is 0.0935. The molecule has 0 N–H and O–H groups in total. The fourth-order valence-electron chi connectivity index (χ4n) is 3.14. The Kier molecular flexibility index (Phi) is 6.28.